The van der Waals surface area contributed by atoms with E-state index in [2.05, 4.69) is 27.2 Å². The smallest absolute Gasteiger partial charge is 0.194 e. The minimum atomic E-state index is 0.181. The number of nitrogens with zero attached hydrogens (tertiary/aromatic N) is 2. The Kier molecular flexibility index (Phi) is 2.80. The van der Waals surface area contributed by atoms with Gasteiger partial charge in [0.25, 0.3) is 0 Å². The molecule has 0 aliphatic heterocycles. The number of thioether (sulfide) groups is 1. The predicted octanol–water partition coefficient (Wildman–Crippen LogP) is 2.01. The van der Waals surface area contributed by atoms with Gasteiger partial charge in [-0.3, -0.25) is 4.40 Å². The van der Waals surface area contributed by atoms with Gasteiger partial charge in [0.15, 0.2) is 4.96 Å². The van der Waals surface area contributed by atoms with Crippen molar-refractivity contribution in [3.05, 3.63) is 17.3 Å². The van der Waals surface area contributed by atoms with Gasteiger partial charge in [0.05, 0.1) is 5.69 Å². The van der Waals surface area contributed by atoms with Gasteiger partial charge in [0, 0.05) is 24.0 Å². The molecule has 14 heavy (non-hydrogen) atoms. The summed E-state index contributed by atoms with van der Waals surface area (Å²) in [6.45, 7) is 2.02. The number of fused-ring (bicyclic) bond motifs is 1. The average molecular weight is 227 g/mol. The van der Waals surface area contributed by atoms with E-state index < -0.39 is 0 Å². The largest absolute Gasteiger partial charge is 0.328 e. The molecule has 0 spiro atoms. The molecular weight excluding hydrogens is 214 g/mol. The molecule has 5 heteroatoms. The first-order valence-corrected chi connectivity index (χ1v) is 6.57. The van der Waals surface area contributed by atoms with Crippen molar-refractivity contribution in [3.8, 4) is 0 Å². The van der Waals surface area contributed by atoms with Crippen molar-refractivity contribution in [2.75, 3.05) is 6.26 Å². The van der Waals surface area contributed by atoms with Crippen LogP contribution in [0.15, 0.2) is 16.6 Å². The van der Waals surface area contributed by atoms with E-state index in [0.29, 0.717) is 0 Å². The van der Waals surface area contributed by atoms with E-state index in [1.54, 1.807) is 23.1 Å². The molecule has 0 aliphatic rings. The summed E-state index contributed by atoms with van der Waals surface area (Å²) in [5.74, 6) is 0. The Morgan fingerprint density at radius 2 is 2.50 bits per heavy atom. The van der Waals surface area contributed by atoms with Gasteiger partial charge in [0.1, 0.15) is 5.03 Å². The molecule has 0 bridgehead atoms. The van der Waals surface area contributed by atoms with Crippen LogP contribution in [0.2, 0.25) is 0 Å². The molecular formula is C9H13N3S2. The lowest BCUT2D eigenvalue weighted by molar-refractivity contribution is 0.706. The zero-order valence-electron chi connectivity index (χ0n) is 8.23. The first-order valence-electron chi connectivity index (χ1n) is 4.46. The molecule has 2 aromatic rings. The molecule has 0 fully saturated rings. The Bertz CT molecular complexity index is 430. The van der Waals surface area contributed by atoms with E-state index in [1.807, 2.05) is 6.92 Å². The van der Waals surface area contributed by atoms with Crippen molar-refractivity contribution in [1.82, 2.24) is 9.38 Å². The second kappa shape index (κ2) is 3.92. The molecule has 2 aromatic heterocycles. The van der Waals surface area contributed by atoms with E-state index in [-0.39, 0.29) is 6.04 Å². The highest BCUT2D eigenvalue weighted by atomic mass is 32.2. The van der Waals surface area contributed by atoms with Crippen LogP contribution in [0, 0.1) is 0 Å². The van der Waals surface area contributed by atoms with Crippen LogP contribution in [0.3, 0.4) is 0 Å². The van der Waals surface area contributed by atoms with Crippen molar-refractivity contribution < 1.29 is 0 Å². The van der Waals surface area contributed by atoms with Gasteiger partial charge in [0.2, 0.25) is 0 Å². The number of rotatable bonds is 3. The summed E-state index contributed by atoms with van der Waals surface area (Å²) in [7, 11) is 0. The van der Waals surface area contributed by atoms with Crippen molar-refractivity contribution in [1.29, 1.82) is 0 Å². The highest BCUT2D eigenvalue weighted by molar-refractivity contribution is 7.98. The molecule has 0 saturated carbocycles. The normalized spacial score (nSPS) is 13.6. The van der Waals surface area contributed by atoms with E-state index in [0.717, 1.165) is 16.4 Å². The van der Waals surface area contributed by atoms with Crippen LogP contribution in [0.5, 0.6) is 0 Å². The third-order valence-electron chi connectivity index (χ3n) is 2.03. The quantitative estimate of drug-likeness (QED) is 0.816. The number of hydrogen-bond donors (Lipinski definition) is 1. The Hall–Kier alpha value is -0.520. The van der Waals surface area contributed by atoms with Crippen LogP contribution in [-0.4, -0.2) is 21.7 Å². The first-order chi connectivity index (χ1) is 6.72. The van der Waals surface area contributed by atoms with Gasteiger partial charge in [-0.2, -0.15) is 0 Å². The predicted molar refractivity (Wildman–Crippen MR) is 62.2 cm³/mol. The molecule has 0 aromatic carbocycles. The maximum absolute atomic E-state index is 5.82. The first kappa shape index (κ1) is 10.0. The minimum Gasteiger partial charge on any atom is -0.328 e. The summed E-state index contributed by atoms with van der Waals surface area (Å²) >= 11 is 3.35. The Morgan fingerprint density at radius 1 is 1.71 bits per heavy atom. The minimum absolute atomic E-state index is 0.181. The molecule has 1 unspecified atom stereocenters. The number of aromatic nitrogens is 2. The van der Waals surface area contributed by atoms with Crippen LogP contribution in [0.1, 0.15) is 12.6 Å². The highest BCUT2D eigenvalue weighted by Crippen LogP contribution is 2.24. The summed E-state index contributed by atoms with van der Waals surface area (Å²) in [6.07, 6.45) is 5.00. The van der Waals surface area contributed by atoms with E-state index in [4.69, 9.17) is 5.73 Å². The second-order valence-corrected chi connectivity index (χ2v) is 4.97. The average Bonchev–Trinajstić information content (AvgIpc) is 2.67. The van der Waals surface area contributed by atoms with Crippen LogP contribution < -0.4 is 5.73 Å². The third-order valence-corrected chi connectivity index (χ3v) is 3.50. The highest BCUT2D eigenvalue weighted by Gasteiger charge is 2.13. The lowest BCUT2D eigenvalue weighted by Crippen LogP contribution is -2.19. The maximum Gasteiger partial charge on any atom is 0.194 e. The molecule has 3 nitrogen and oxygen atoms in total. The Labute approximate surface area is 91.3 Å². The van der Waals surface area contributed by atoms with Crippen LogP contribution in [-0.2, 0) is 6.42 Å². The second-order valence-electron chi connectivity index (χ2n) is 3.30. The Morgan fingerprint density at radius 3 is 3.14 bits per heavy atom. The summed E-state index contributed by atoms with van der Waals surface area (Å²) in [5, 5.41) is 3.16. The number of thiazole rings is 1. The van der Waals surface area contributed by atoms with Gasteiger partial charge >= 0.3 is 0 Å². The van der Waals surface area contributed by atoms with Crippen LogP contribution >= 0.6 is 23.1 Å². The molecule has 0 amide bonds. The third kappa shape index (κ3) is 1.67. The van der Waals surface area contributed by atoms with Crippen molar-refractivity contribution in [2.24, 2.45) is 5.73 Å². The molecule has 1 atom stereocenters. The van der Waals surface area contributed by atoms with E-state index in [1.165, 1.54) is 5.69 Å². The molecule has 2 N–H and O–H groups in total. The van der Waals surface area contributed by atoms with E-state index in [9.17, 15) is 0 Å². The molecule has 2 heterocycles. The number of nitrogens with two attached hydrogens (primary N) is 1. The zero-order valence-corrected chi connectivity index (χ0v) is 9.86. The van der Waals surface area contributed by atoms with Crippen LogP contribution in [0.25, 0.3) is 4.96 Å². The maximum atomic E-state index is 5.82. The van der Waals surface area contributed by atoms with Gasteiger partial charge in [-0.1, -0.05) is 0 Å². The lowest BCUT2D eigenvalue weighted by atomic mass is 10.2. The van der Waals surface area contributed by atoms with Gasteiger partial charge in [-0.05, 0) is 13.2 Å². The van der Waals surface area contributed by atoms with E-state index >= 15 is 0 Å². The fourth-order valence-corrected chi connectivity index (χ4v) is 2.85. The number of imidazole rings is 1. The summed E-state index contributed by atoms with van der Waals surface area (Å²) in [6, 6.07) is 0.181. The lowest BCUT2D eigenvalue weighted by Gasteiger charge is -2.04. The molecule has 2 rings (SSSR count). The van der Waals surface area contributed by atoms with Gasteiger partial charge in [-0.25, -0.2) is 4.98 Å². The monoisotopic (exact) mass is 227 g/mol. The molecule has 0 saturated heterocycles. The van der Waals surface area contributed by atoms with Gasteiger partial charge in [-0.15, -0.1) is 23.1 Å². The summed E-state index contributed by atoms with van der Waals surface area (Å²) in [5.41, 5.74) is 7.06. The standard InChI is InChI=1S/C9H13N3S2/c1-6(10)5-7-8(13-2)11-9-12(7)3-4-14-9/h3-4,6H,5,10H2,1-2H3. The zero-order chi connectivity index (χ0) is 10.1. The fourth-order valence-electron chi connectivity index (χ4n) is 1.47. The fraction of sp³-hybridized carbons (Fsp3) is 0.444. The molecule has 0 radical (unpaired) electrons. The van der Waals surface area contributed by atoms with Crippen LogP contribution in [0.4, 0.5) is 0 Å². The summed E-state index contributed by atoms with van der Waals surface area (Å²) < 4.78 is 2.14. The Balaban J connectivity index is 2.50. The SMILES string of the molecule is CSc1nc2sccn2c1CC(C)N. The topological polar surface area (TPSA) is 43.3 Å². The summed E-state index contributed by atoms with van der Waals surface area (Å²) in [4.78, 5) is 5.59. The number of hydrogen-bond acceptors (Lipinski definition) is 4. The van der Waals surface area contributed by atoms with Crippen molar-refractivity contribution >= 4 is 28.1 Å². The van der Waals surface area contributed by atoms with Gasteiger partial charge < -0.3 is 5.73 Å². The van der Waals surface area contributed by atoms with Crippen molar-refractivity contribution in [3.63, 3.8) is 0 Å². The molecule has 0 aliphatic carbocycles. The molecule has 76 valence electrons. The van der Waals surface area contributed by atoms with Crippen molar-refractivity contribution in [2.45, 2.75) is 24.4 Å².